The largest absolute Gasteiger partial charge is 1.00 e. The van der Waals surface area contributed by atoms with Crippen LogP contribution in [0.1, 0.15) is 1.43 Å². The van der Waals surface area contributed by atoms with Crippen LogP contribution in [0.2, 0.25) is 0 Å². The van der Waals surface area contributed by atoms with Crippen molar-refractivity contribution in [1.82, 2.24) is 0 Å². The second-order valence-electron chi connectivity index (χ2n) is 0.607. The molecule has 0 aromatic carbocycles. The Kier molecular flexibility index (Phi) is 7.66. The normalized spacial score (nSPS) is 10.4. The summed E-state index contributed by atoms with van der Waals surface area (Å²) in [6.45, 7) is 0. The van der Waals surface area contributed by atoms with Crippen LogP contribution in [-0.2, 0) is 12.7 Å². The number of rotatable bonds is 2. The molecule has 4 nitrogen and oxygen atoms in total. The molecule has 46 valence electrons. The second kappa shape index (κ2) is 5.10. The number of hydrogen-bond acceptors (Lipinski definition) is 3. The van der Waals surface area contributed by atoms with Gasteiger partial charge in [0.2, 0.25) is 0 Å². The van der Waals surface area contributed by atoms with Crippen LogP contribution in [0.4, 0.5) is 0 Å². The molecule has 0 aromatic heterocycles. The quantitative estimate of drug-likeness (QED) is 0.411. The van der Waals surface area contributed by atoms with Gasteiger partial charge in [-0.05, 0) is 0 Å². The fraction of sp³-hybridized carbons (Fsp3) is 0. The van der Waals surface area contributed by atoms with Gasteiger partial charge in [0, 0.05) is 0 Å². The molecular weight excluding hydrogens is 173 g/mol. The fourth-order valence-corrected chi connectivity index (χ4v) is 0.287. The van der Waals surface area contributed by atoms with Gasteiger partial charge in [0.05, 0.1) is 23.7 Å². The zero-order chi connectivity index (χ0) is 5.91. The van der Waals surface area contributed by atoms with Gasteiger partial charge in [-0.25, -0.2) is 4.57 Å². The maximum Gasteiger partial charge on any atom is 1.00 e. The fourth-order valence-electron chi connectivity index (χ4n) is 0.0106. The Bertz CT molecular complexity index is 90.6. The standard InChI is InChI=1S/Cl2HO4P.Li.H/c1-5-7(3,4)6-2;;/h(H,3,4);;/q;+1;-1. The van der Waals surface area contributed by atoms with E-state index >= 15 is 0 Å². The third-order valence-corrected chi connectivity index (χ3v) is 1.57. The Labute approximate surface area is 69.7 Å². The monoisotopic (exact) mass is 174 g/mol. The van der Waals surface area contributed by atoms with Gasteiger partial charge in [0.1, 0.15) is 0 Å². The molecule has 0 aliphatic heterocycles. The average Bonchev–Trinajstić information content (AvgIpc) is 1.68. The van der Waals surface area contributed by atoms with Gasteiger partial charge in [-0.2, -0.15) is 8.15 Å². The molecule has 0 rings (SSSR count). The van der Waals surface area contributed by atoms with Crippen LogP contribution in [0, 0.1) is 0 Å². The minimum atomic E-state index is -4.12. The number of halogens is 2. The van der Waals surface area contributed by atoms with Crippen LogP contribution in [0.3, 0.4) is 0 Å². The van der Waals surface area contributed by atoms with Gasteiger partial charge in [0.25, 0.3) is 0 Å². The van der Waals surface area contributed by atoms with Gasteiger partial charge in [-0.3, -0.25) is 0 Å². The van der Waals surface area contributed by atoms with Crippen LogP contribution < -0.4 is 18.9 Å². The van der Waals surface area contributed by atoms with Crippen molar-refractivity contribution in [2.45, 2.75) is 0 Å². The molecule has 0 saturated heterocycles. The van der Waals surface area contributed by atoms with Crippen molar-refractivity contribution in [2.75, 3.05) is 0 Å². The summed E-state index contributed by atoms with van der Waals surface area (Å²) in [5.41, 5.74) is 0. The molecular formula is H2Cl2LiO4P. The Morgan fingerprint density at radius 1 is 1.50 bits per heavy atom. The van der Waals surface area contributed by atoms with Crippen molar-refractivity contribution in [3.63, 3.8) is 0 Å². The van der Waals surface area contributed by atoms with E-state index in [-0.39, 0.29) is 20.3 Å². The summed E-state index contributed by atoms with van der Waals surface area (Å²) in [6, 6.07) is 0. The van der Waals surface area contributed by atoms with E-state index in [0.717, 1.165) is 0 Å². The summed E-state index contributed by atoms with van der Waals surface area (Å²) in [5, 5.41) is 0. The molecule has 1 N–H and O–H groups in total. The molecule has 0 spiro atoms. The maximum absolute atomic E-state index is 9.80. The summed E-state index contributed by atoms with van der Waals surface area (Å²) in [7, 11) is -4.12. The SMILES string of the molecule is O=P(O)(OCl)OCl.[H-].[Li+]. The van der Waals surface area contributed by atoms with Crippen molar-refractivity contribution in [3.8, 4) is 0 Å². The third kappa shape index (κ3) is 5.42. The van der Waals surface area contributed by atoms with E-state index in [9.17, 15) is 4.57 Å². The van der Waals surface area contributed by atoms with Crippen molar-refractivity contribution in [2.24, 2.45) is 0 Å². The maximum atomic E-state index is 9.80. The predicted octanol–water partition coefficient (Wildman–Crippen LogP) is -1.46. The number of hydrogen-bond donors (Lipinski definition) is 1. The molecule has 0 unspecified atom stereocenters. The van der Waals surface area contributed by atoms with Gasteiger partial charge in [-0.15, -0.1) is 0 Å². The van der Waals surface area contributed by atoms with Crippen molar-refractivity contribution in [3.05, 3.63) is 0 Å². The van der Waals surface area contributed by atoms with E-state index < -0.39 is 7.82 Å². The van der Waals surface area contributed by atoms with Crippen molar-refractivity contribution < 1.29 is 37.9 Å². The molecule has 0 aliphatic rings. The first kappa shape index (κ1) is 12.0. The molecule has 0 radical (unpaired) electrons. The Morgan fingerprint density at radius 3 is 1.75 bits per heavy atom. The van der Waals surface area contributed by atoms with E-state index in [1.165, 1.54) is 0 Å². The minimum absolute atomic E-state index is 0. The molecule has 0 amide bonds. The molecule has 0 aromatic rings. The van der Waals surface area contributed by atoms with E-state index in [4.69, 9.17) is 4.89 Å². The molecule has 0 bridgehead atoms. The van der Waals surface area contributed by atoms with Gasteiger partial charge >= 0.3 is 26.7 Å². The molecule has 0 atom stereocenters. The zero-order valence-electron chi connectivity index (χ0n) is 4.88. The molecule has 0 fully saturated rings. The molecule has 8 heteroatoms. The summed E-state index contributed by atoms with van der Waals surface area (Å²) in [5.74, 6) is 0. The summed E-state index contributed by atoms with van der Waals surface area (Å²) in [6.07, 6.45) is 0. The minimum Gasteiger partial charge on any atom is -1.00 e. The van der Waals surface area contributed by atoms with Gasteiger partial charge in [-0.1, -0.05) is 0 Å². The summed E-state index contributed by atoms with van der Waals surface area (Å²) < 4.78 is 16.4. The van der Waals surface area contributed by atoms with Gasteiger partial charge in [0.15, 0.2) is 0 Å². The molecule has 8 heavy (non-hydrogen) atoms. The zero-order valence-corrected chi connectivity index (χ0v) is 6.28. The first-order chi connectivity index (χ1) is 3.12. The first-order valence-corrected chi connectivity index (χ1v) is 3.17. The van der Waals surface area contributed by atoms with Crippen LogP contribution in [-0.4, -0.2) is 4.89 Å². The Balaban J connectivity index is -0.000000180. The number of phosphoric acid groups is 1. The van der Waals surface area contributed by atoms with E-state index in [1.807, 2.05) is 0 Å². The predicted molar refractivity (Wildman–Crippen MR) is 24.8 cm³/mol. The van der Waals surface area contributed by atoms with Crippen LogP contribution in [0.5, 0.6) is 0 Å². The molecule has 0 saturated carbocycles. The smallest absolute Gasteiger partial charge is 1.00 e. The van der Waals surface area contributed by atoms with Crippen molar-refractivity contribution >= 4 is 31.6 Å². The second-order valence-corrected chi connectivity index (χ2v) is 2.65. The first-order valence-electron chi connectivity index (χ1n) is 1.06. The third-order valence-electron chi connectivity index (χ3n) is 0.174. The van der Waals surface area contributed by atoms with E-state index in [1.54, 1.807) is 0 Å². The van der Waals surface area contributed by atoms with Crippen LogP contribution >= 0.6 is 31.6 Å². The molecule has 0 aliphatic carbocycles. The van der Waals surface area contributed by atoms with Crippen LogP contribution in [0.15, 0.2) is 0 Å². The average molecular weight is 175 g/mol. The van der Waals surface area contributed by atoms with E-state index in [0.29, 0.717) is 0 Å². The van der Waals surface area contributed by atoms with Crippen LogP contribution in [0.25, 0.3) is 0 Å². The van der Waals surface area contributed by atoms with E-state index in [2.05, 4.69) is 31.9 Å². The van der Waals surface area contributed by atoms with Gasteiger partial charge < -0.3 is 6.32 Å². The molecule has 0 heterocycles. The summed E-state index contributed by atoms with van der Waals surface area (Å²) >= 11 is 8.74. The van der Waals surface area contributed by atoms with Crippen molar-refractivity contribution in [1.29, 1.82) is 0 Å². The Hall–Kier alpha value is 1.29. The summed E-state index contributed by atoms with van der Waals surface area (Å²) in [4.78, 5) is 7.98. The Morgan fingerprint density at radius 2 is 1.75 bits per heavy atom. The topological polar surface area (TPSA) is 55.8 Å².